The average Bonchev–Trinajstić information content (AvgIpc) is 2.75. The molecule has 1 aromatic heterocycles. The van der Waals surface area contributed by atoms with Gasteiger partial charge in [0.05, 0.1) is 21.4 Å². The second-order valence-electron chi connectivity index (χ2n) is 6.88. The molecule has 0 bridgehead atoms. The second-order valence-corrected chi connectivity index (χ2v) is 7.66. The Morgan fingerprint density at radius 3 is 2.77 bits per heavy atom. The van der Waals surface area contributed by atoms with Crippen LogP contribution in [-0.4, -0.2) is 42.6 Å². The third-order valence-corrected chi connectivity index (χ3v) is 5.60. The van der Waals surface area contributed by atoms with Crippen molar-refractivity contribution in [3.05, 3.63) is 52.5 Å². The smallest absolute Gasteiger partial charge is 0.264 e. The molecule has 0 unspecified atom stereocenters. The van der Waals surface area contributed by atoms with E-state index >= 15 is 0 Å². The molecule has 31 heavy (non-hydrogen) atoms. The number of benzene rings is 2. The summed E-state index contributed by atoms with van der Waals surface area (Å²) in [7, 11) is 1.73. The van der Waals surface area contributed by atoms with Gasteiger partial charge in [-0.05, 0) is 24.3 Å². The van der Waals surface area contributed by atoms with Crippen LogP contribution in [0, 0.1) is 0 Å². The van der Waals surface area contributed by atoms with E-state index < -0.39 is 0 Å². The number of nitrogen functional groups attached to an aromatic ring is 1. The van der Waals surface area contributed by atoms with Gasteiger partial charge >= 0.3 is 0 Å². The number of likely N-dealkylation sites (N-methyl/N-ethyl adjacent to an activating group) is 1. The highest BCUT2D eigenvalue weighted by Gasteiger charge is 2.22. The molecule has 0 saturated carbocycles. The quantitative estimate of drug-likeness (QED) is 0.480. The van der Waals surface area contributed by atoms with Crippen molar-refractivity contribution in [1.29, 1.82) is 0 Å². The lowest BCUT2D eigenvalue weighted by atomic mass is 10.1. The minimum absolute atomic E-state index is 0.0602. The number of hydrogen-bond acceptors (Lipinski definition) is 7. The van der Waals surface area contributed by atoms with Crippen molar-refractivity contribution >= 4 is 52.3 Å². The maximum atomic E-state index is 11.8. The number of aromatic nitrogens is 2. The number of amides is 1. The summed E-state index contributed by atoms with van der Waals surface area (Å²) in [6.45, 7) is 1.24. The summed E-state index contributed by atoms with van der Waals surface area (Å²) in [4.78, 5) is 21.9. The number of carbonyl (C=O) groups is 1. The SMILES string of the molecule is CN1C(=O)COc2ccc(NCCNc3cc(-c4cccc(Cl)c4Cl)nc(N)n3)cc21. The number of fused-ring (bicyclic) bond motifs is 1. The number of rotatable bonds is 6. The van der Waals surface area contributed by atoms with E-state index in [2.05, 4.69) is 20.6 Å². The van der Waals surface area contributed by atoms with Crippen molar-refractivity contribution in [2.24, 2.45) is 0 Å². The van der Waals surface area contributed by atoms with Crippen molar-refractivity contribution < 1.29 is 9.53 Å². The lowest BCUT2D eigenvalue weighted by Gasteiger charge is -2.26. The Morgan fingerprint density at radius 1 is 1.13 bits per heavy atom. The summed E-state index contributed by atoms with van der Waals surface area (Å²) in [6.07, 6.45) is 0. The van der Waals surface area contributed by atoms with E-state index in [0.717, 1.165) is 11.4 Å². The second kappa shape index (κ2) is 8.87. The van der Waals surface area contributed by atoms with Gasteiger partial charge in [-0.25, -0.2) is 4.98 Å². The Kier molecular flexibility index (Phi) is 6.01. The van der Waals surface area contributed by atoms with Crippen LogP contribution in [0.25, 0.3) is 11.3 Å². The zero-order chi connectivity index (χ0) is 22.0. The Labute approximate surface area is 189 Å². The van der Waals surface area contributed by atoms with Gasteiger partial charge in [0.25, 0.3) is 5.91 Å². The third kappa shape index (κ3) is 4.60. The monoisotopic (exact) mass is 458 g/mol. The Balaban J connectivity index is 1.40. The summed E-state index contributed by atoms with van der Waals surface area (Å²) in [5, 5.41) is 7.38. The molecule has 3 aromatic rings. The van der Waals surface area contributed by atoms with Crippen LogP contribution in [0.15, 0.2) is 42.5 Å². The van der Waals surface area contributed by atoms with E-state index in [1.165, 1.54) is 0 Å². The van der Waals surface area contributed by atoms with E-state index in [9.17, 15) is 4.79 Å². The van der Waals surface area contributed by atoms with Crippen LogP contribution in [0.1, 0.15) is 0 Å². The van der Waals surface area contributed by atoms with Crippen molar-refractivity contribution in [3.8, 4) is 17.0 Å². The van der Waals surface area contributed by atoms with Gasteiger partial charge in [0.1, 0.15) is 11.6 Å². The summed E-state index contributed by atoms with van der Waals surface area (Å²) in [5.41, 5.74) is 8.74. The Hall–Kier alpha value is -3.23. The zero-order valence-corrected chi connectivity index (χ0v) is 18.2. The van der Waals surface area contributed by atoms with Crippen LogP contribution in [0.2, 0.25) is 10.0 Å². The van der Waals surface area contributed by atoms with E-state index in [4.69, 9.17) is 33.7 Å². The van der Waals surface area contributed by atoms with Crippen LogP contribution >= 0.6 is 23.2 Å². The van der Waals surface area contributed by atoms with Gasteiger partial charge in [-0.15, -0.1) is 0 Å². The van der Waals surface area contributed by atoms with Crippen LogP contribution in [-0.2, 0) is 4.79 Å². The molecule has 1 amide bonds. The van der Waals surface area contributed by atoms with Crippen LogP contribution in [0.4, 0.5) is 23.1 Å². The van der Waals surface area contributed by atoms with Gasteiger partial charge in [0.15, 0.2) is 6.61 Å². The number of nitrogens with two attached hydrogens (primary N) is 1. The molecule has 4 rings (SSSR count). The number of carbonyl (C=O) groups excluding carboxylic acids is 1. The molecule has 8 nitrogen and oxygen atoms in total. The number of halogens is 2. The highest BCUT2D eigenvalue weighted by molar-refractivity contribution is 6.43. The number of anilines is 4. The van der Waals surface area contributed by atoms with Crippen LogP contribution in [0.5, 0.6) is 5.75 Å². The van der Waals surface area contributed by atoms with Gasteiger partial charge in [-0.3, -0.25) is 4.79 Å². The number of nitrogens with zero attached hydrogens (tertiary/aromatic N) is 3. The van der Waals surface area contributed by atoms with E-state index in [1.54, 1.807) is 30.1 Å². The predicted octanol–water partition coefficient (Wildman–Crippen LogP) is 3.91. The van der Waals surface area contributed by atoms with Crippen molar-refractivity contribution in [2.45, 2.75) is 0 Å². The third-order valence-electron chi connectivity index (χ3n) is 4.78. The highest BCUT2D eigenvalue weighted by Crippen LogP contribution is 2.34. The highest BCUT2D eigenvalue weighted by atomic mass is 35.5. The standard InChI is InChI=1S/C21H20Cl2N6O2/c1-29-16-9-12(5-6-17(16)31-11-19(29)30)25-7-8-26-18-10-15(27-21(24)28-18)13-3-2-4-14(22)20(13)23/h2-6,9-10,25H,7-8,11H2,1H3,(H3,24,26,27,28). The maximum Gasteiger partial charge on any atom is 0.264 e. The molecule has 2 heterocycles. The molecule has 0 fully saturated rings. The first kappa shape index (κ1) is 21.0. The average molecular weight is 459 g/mol. The molecule has 0 spiro atoms. The van der Waals surface area contributed by atoms with Crippen molar-refractivity contribution in [3.63, 3.8) is 0 Å². The fourth-order valence-electron chi connectivity index (χ4n) is 3.18. The first-order valence-corrected chi connectivity index (χ1v) is 10.3. The summed E-state index contributed by atoms with van der Waals surface area (Å²) in [5.74, 6) is 1.31. The maximum absolute atomic E-state index is 11.8. The molecule has 0 radical (unpaired) electrons. The van der Waals surface area contributed by atoms with Gasteiger partial charge in [0, 0.05) is 37.5 Å². The van der Waals surface area contributed by atoms with Gasteiger partial charge in [-0.2, -0.15) is 4.98 Å². The summed E-state index contributed by atoms with van der Waals surface area (Å²) in [6, 6.07) is 12.7. The minimum atomic E-state index is -0.0803. The predicted molar refractivity (Wildman–Crippen MR) is 124 cm³/mol. The Morgan fingerprint density at radius 2 is 1.94 bits per heavy atom. The van der Waals surface area contributed by atoms with E-state index in [-0.39, 0.29) is 18.5 Å². The topological polar surface area (TPSA) is 105 Å². The molecular weight excluding hydrogens is 439 g/mol. The first-order valence-electron chi connectivity index (χ1n) is 9.52. The molecule has 0 aliphatic carbocycles. The Bertz CT molecular complexity index is 1140. The van der Waals surface area contributed by atoms with E-state index in [1.807, 2.05) is 24.3 Å². The molecule has 1 aliphatic heterocycles. The fourth-order valence-corrected chi connectivity index (χ4v) is 3.57. The first-order chi connectivity index (χ1) is 14.9. The zero-order valence-electron chi connectivity index (χ0n) is 16.7. The van der Waals surface area contributed by atoms with Gasteiger partial charge < -0.3 is 26.0 Å². The summed E-state index contributed by atoms with van der Waals surface area (Å²) < 4.78 is 5.44. The van der Waals surface area contributed by atoms with Crippen molar-refractivity contribution in [1.82, 2.24) is 9.97 Å². The molecule has 10 heteroatoms. The van der Waals surface area contributed by atoms with Crippen molar-refractivity contribution in [2.75, 3.05) is 48.0 Å². The van der Waals surface area contributed by atoms with E-state index in [0.29, 0.717) is 46.0 Å². The largest absolute Gasteiger partial charge is 0.482 e. The van der Waals surface area contributed by atoms with Gasteiger partial charge in [-0.1, -0.05) is 35.3 Å². The molecule has 0 saturated heterocycles. The molecule has 4 N–H and O–H groups in total. The number of nitrogens with one attached hydrogen (secondary N) is 2. The number of hydrogen-bond donors (Lipinski definition) is 3. The summed E-state index contributed by atoms with van der Waals surface area (Å²) >= 11 is 12.4. The lowest BCUT2D eigenvalue weighted by Crippen LogP contribution is -2.35. The molecule has 0 atom stereocenters. The van der Waals surface area contributed by atoms with Crippen LogP contribution < -0.4 is 26.0 Å². The molecule has 2 aromatic carbocycles. The number of ether oxygens (including phenoxy) is 1. The normalized spacial score (nSPS) is 12.9. The van der Waals surface area contributed by atoms with Crippen LogP contribution in [0.3, 0.4) is 0 Å². The lowest BCUT2D eigenvalue weighted by molar-refractivity contribution is -0.120. The minimum Gasteiger partial charge on any atom is -0.482 e. The fraction of sp³-hybridized carbons (Fsp3) is 0.190. The van der Waals surface area contributed by atoms with Gasteiger partial charge in [0.2, 0.25) is 5.95 Å². The molecule has 160 valence electrons. The molecule has 1 aliphatic rings. The molecular formula is C21H20Cl2N6O2.